The van der Waals surface area contributed by atoms with Crippen molar-refractivity contribution in [3.8, 4) is 0 Å². The lowest BCUT2D eigenvalue weighted by atomic mass is 10.1. The predicted octanol–water partition coefficient (Wildman–Crippen LogP) is 5.06. The fourth-order valence-electron chi connectivity index (χ4n) is 3.46. The highest BCUT2D eigenvalue weighted by atomic mass is 32.2. The van der Waals surface area contributed by atoms with E-state index < -0.39 is 0 Å². The number of thioether (sulfide) groups is 1. The molecule has 0 spiro atoms. The SMILES string of the molecule is N[C@@H](Cc1ccccc1)c1nnc(SCc2ccccc2)n1CCc1ccccc1. The third-order valence-corrected chi connectivity index (χ3v) is 6.09. The minimum Gasteiger partial charge on any atom is -0.321 e. The first-order chi connectivity index (χ1) is 14.8. The molecule has 0 amide bonds. The van der Waals surface area contributed by atoms with E-state index in [1.807, 2.05) is 30.3 Å². The van der Waals surface area contributed by atoms with Crippen molar-refractivity contribution in [2.24, 2.45) is 5.73 Å². The van der Waals surface area contributed by atoms with Gasteiger partial charge < -0.3 is 10.3 Å². The van der Waals surface area contributed by atoms with Crippen LogP contribution in [0, 0.1) is 0 Å². The van der Waals surface area contributed by atoms with Crippen molar-refractivity contribution in [1.29, 1.82) is 0 Å². The second kappa shape index (κ2) is 10.2. The lowest BCUT2D eigenvalue weighted by Crippen LogP contribution is -2.20. The van der Waals surface area contributed by atoms with Crippen LogP contribution >= 0.6 is 11.8 Å². The summed E-state index contributed by atoms with van der Waals surface area (Å²) in [6.45, 7) is 0.811. The number of hydrogen-bond donors (Lipinski definition) is 1. The largest absolute Gasteiger partial charge is 0.321 e. The van der Waals surface area contributed by atoms with Gasteiger partial charge in [-0.2, -0.15) is 0 Å². The number of benzene rings is 3. The third-order valence-electron chi connectivity index (χ3n) is 5.05. The number of nitrogens with two attached hydrogens (primary N) is 1. The molecular weight excluding hydrogens is 388 g/mol. The number of nitrogens with zero attached hydrogens (tertiary/aromatic N) is 3. The Morgan fingerprint density at radius 2 is 1.30 bits per heavy atom. The Balaban J connectivity index is 1.54. The molecule has 0 fully saturated rings. The molecule has 2 N–H and O–H groups in total. The molecule has 0 saturated heterocycles. The fraction of sp³-hybridized carbons (Fsp3) is 0.200. The summed E-state index contributed by atoms with van der Waals surface area (Å²) in [5.74, 6) is 1.71. The third kappa shape index (κ3) is 5.38. The van der Waals surface area contributed by atoms with Crippen LogP contribution in [0.3, 0.4) is 0 Å². The maximum Gasteiger partial charge on any atom is 0.191 e. The Kier molecular flexibility index (Phi) is 6.95. The quantitative estimate of drug-likeness (QED) is 0.389. The lowest BCUT2D eigenvalue weighted by molar-refractivity contribution is 0.554. The number of aromatic nitrogens is 3. The summed E-state index contributed by atoms with van der Waals surface area (Å²) >= 11 is 1.71. The Hall–Kier alpha value is -2.89. The van der Waals surface area contributed by atoms with Gasteiger partial charge >= 0.3 is 0 Å². The van der Waals surface area contributed by atoms with E-state index >= 15 is 0 Å². The molecule has 4 nitrogen and oxygen atoms in total. The Morgan fingerprint density at radius 3 is 1.93 bits per heavy atom. The standard InChI is InChI=1S/C25H26N4S/c26-23(18-21-12-6-2-7-13-21)24-27-28-25(30-19-22-14-8-3-9-15-22)29(24)17-16-20-10-4-1-5-11-20/h1-15,23H,16-19,26H2/t23-/m0/s1. The molecule has 152 valence electrons. The first kappa shape index (κ1) is 20.4. The minimum atomic E-state index is -0.193. The van der Waals surface area contributed by atoms with E-state index in [9.17, 15) is 0 Å². The molecule has 1 atom stereocenters. The number of hydrogen-bond acceptors (Lipinski definition) is 4. The summed E-state index contributed by atoms with van der Waals surface area (Å²) in [5.41, 5.74) is 10.4. The van der Waals surface area contributed by atoms with Crippen LogP contribution < -0.4 is 5.73 Å². The maximum absolute atomic E-state index is 6.58. The Labute approximate surface area is 182 Å². The molecule has 1 aromatic heterocycles. The van der Waals surface area contributed by atoms with E-state index in [2.05, 4.69) is 75.4 Å². The van der Waals surface area contributed by atoms with E-state index in [4.69, 9.17) is 5.73 Å². The fourth-order valence-corrected chi connectivity index (χ4v) is 4.39. The molecule has 0 aliphatic carbocycles. The van der Waals surface area contributed by atoms with Crippen LogP contribution in [-0.2, 0) is 25.1 Å². The van der Waals surface area contributed by atoms with Gasteiger partial charge in [0, 0.05) is 12.3 Å². The second-order valence-electron chi connectivity index (χ2n) is 7.30. The van der Waals surface area contributed by atoms with Crippen molar-refractivity contribution in [1.82, 2.24) is 14.8 Å². The average molecular weight is 415 g/mol. The van der Waals surface area contributed by atoms with Crippen LogP contribution in [0.15, 0.2) is 96.2 Å². The molecular formula is C25H26N4S. The van der Waals surface area contributed by atoms with Crippen molar-refractivity contribution in [3.05, 3.63) is 114 Å². The monoisotopic (exact) mass is 414 g/mol. The van der Waals surface area contributed by atoms with Gasteiger partial charge in [0.2, 0.25) is 0 Å². The molecule has 0 saturated carbocycles. The molecule has 0 aliphatic heterocycles. The minimum absolute atomic E-state index is 0.193. The van der Waals surface area contributed by atoms with Crippen molar-refractivity contribution in [2.75, 3.05) is 0 Å². The van der Waals surface area contributed by atoms with E-state index in [0.29, 0.717) is 0 Å². The molecule has 0 bridgehead atoms. The van der Waals surface area contributed by atoms with Crippen molar-refractivity contribution < 1.29 is 0 Å². The second-order valence-corrected chi connectivity index (χ2v) is 8.24. The zero-order chi connectivity index (χ0) is 20.6. The van der Waals surface area contributed by atoms with E-state index in [0.717, 1.165) is 36.1 Å². The number of aryl methyl sites for hydroxylation is 1. The zero-order valence-electron chi connectivity index (χ0n) is 16.9. The van der Waals surface area contributed by atoms with Gasteiger partial charge in [-0.15, -0.1) is 10.2 Å². The lowest BCUT2D eigenvalue weighted by Gasteiger charge is -2.15. The maximum atomic E-state index is 6.58. The first-order valence-corrected chi connectivity index (χ1v) is 11.2. The van der Waals surface area contributed by atoms with E-state index in [1.54, 1.807) is 11.8 Å². The molecule has 1 heterocycles. The smallest absolute Gasteiger partial charge is 0.191 e. The van der Waals surface area contributed by atoms with Crippen LogP contribution in [0.2, 0.25) is 0 Å². The van der Waals surface area contributed by atoms with Crippen LogP contribution in [0.4, 0.5) is 0 Å². The highest BCUT2D eigenvalue weighted by molar-refractivity contribution is 7.98. The van der Waals surface area contributed by atoms with Crippen LogP contribution in [0.25, 0.3) is 0 Å². The van der Waals surface area contributed by atoms with Gasteiger partial charge in [0.1, 0.15) is 0 Å². The Morgan fingerprint density at radius 1 is 0.733 bits per heavy atom. The van der Waals surface area contributed by atoms with Crippen LogP contribution in [0.1, 0.15) is 28.6 Å². The van der Waals surface area contributed by atoms with Crippen molar-refractivity contribution in [2.45, 2.75) is 36.3 Å². The molecule has 4 aromatic rings. The molecule has 0 unspecified atom stereocenters. The molecule has 3 aromatic carbocycles. The van der Waals surface area contributed by atoms with Crippen LogP contribution in [-0.4, -0.2) is 14.8 Å². The summed E-state index contributed by atoms with van der Waals surface area (Å²) < 4.78 is 2.20. The topological polar surface area (TPSA) is 56.7 Å². The van der Waals surface area contributed by atoms with Crippen LogP contribution in [0.5, 0.6) is 0 Å². The van der Waals surface area contributed by atoms with Gasteiger partial charge in [0.15, 0.2) is 11.0 Å². The van der Waals surface area contributed by atoms with Gasteiger partial charge in [0.05, 0.1) is 6.04 Å². The zero-order valence-corrected chi connectivity index (χ0v) is 17.7. The molecule has 5 heteroatoms. The molecule has 30 heavy (non-hydrogen) atoms. The summed E-state index contributed by atoms with van der Waals surface area (Å²) in [6.07, 6.45) is 1.66. The normalized spacial score (nSPS) is 12.0. The first-order valence-electron chi connectivity index (χ1n) is 10.2. The van der Waals surface area contributed by atoms with Gasteiger partial charge in [0.25, 0.3) is 0 Å². The summed E-state index contributed by atoms with van der Waals surface area (Å²) in [5, 5.41) is 9.93. The van der Waals surface area contributed by atoms with Crippen molar-refractivity contribution in [3.63, 3.8) is 0 Å². The Bertz CT molecular complexity index is 1030. The van der Waals surface area contributed by atoms with Gasteiger partial charge in [-0.3, -0.25) is 0 Å². The molecule has 0 aliphatic rings. The molecule has 0 radical (unpaired) electrons. The highest BCUT2D eigenvalue weighted by Gasteiger charge is 2.19. The average Bonchev–Trinajstić information content (AvgIpc) is 3.21. The predicted molar refractivity (Wildman–Crippen MR) is 123 cm³/mol. The van der Waals surface area contributed by atoms with Gasteiger partial charge in [-0.1, -0.05) is 103 Å². The molecule has 4 rings (SSSR count). The summed E-state index contributed by atoms with van der Waals surface area (Å²) in [7, 11) is 0. The van der Waals surface area contributed by atoms with Gasteiger partial charge in [-0.05, 0) is 29.5 Å². The van der Waals surface area contributed by atoms with E-state index in [-0.39, 0.29) is 6.04 Å². The summed E-state index contributed by atoms with van der Waals surface area (Å²) in [4.78, 5) is 0. The highest BCUT2D eigenvalue weighted by Crippen LogP contribution is 2.25. The summed E-state index contributed by atoms with van der Waals surface area (Å²) in [6, 6.07) is 31.1. The van der Waals surface area contributed by atoms with Crippen molar-refractivity contribution >= 4 is 11.8 Å². The number of rotatable bonds is 9. The van der Waals surface area contributed by atoms with Gasteiger partial charge in [-0.25, -0.2) is 0 Å². The van der Waals surface area contributed by atoms with E-state index in [1.165, 1.54) is 16.7 Å².